The van der Waals surface area contributed by atoms with Crippen LogP contribution in [0.3, 0.4) is 0 Å². The van der Waals surface area contributed by atoms with Crippen molar-refractivity contribution in [1.29, 1.82) is 5.26 Å². The molecular weight excluding hydrogens is 514 g/mol. The normalized spacial score (nSPS) is 28.2. The molecule has 5 aliphatic carbocycles. The average molecular weight is 543 g/mol. The zero-order valence-corrected chi connectivity index (χ0v) is 22.3. The third-order valence-corrected chi connectivity index (χ3v) is 10.7. The molecule has 0 aromatic heterocycles. The lowest BCUT2D eigenvalue weighted by atomic mass is 9.43. The van der Waals surface area contributed by atoms with Gasteiger partial charge >= 0.3 is 0 Å². The summed E-state index contributed by atoms with van der Waals surface area (Å²) < 4.78 is 1.21. The Morgan fingerprint density at radius 3 is 1.68 bits per heavy atom. The molecule has 0 atom stereocenters. The molecule has 4 aromatic rings. The number of fused-ring (bicyclic) bond motifs is 3. The van der Waals surface area contributed by atoms with Crippen LogP contribution in [-0.2, 0) is 5.41 Å². The highest BCUT2D eigenvalue weighted by Crippen LogP contribution is 2.69. The Morgan fingerprint density at radius 2 is 1.08 bits per heavy atom. The molecule has 4 aromatic carbocycles. The zero-order chi connectivity index (χ0) is 24.7. The van der Waals surface area contributed by atoms with Crippen LogP contribution >= 0.6 is 15.9 Å². The molecule has 4 bridgehead atoms. The fourth-order valence-corrected chi connectivity index (χ4v) is 9.30. The number of nitrogens with zero attached hydrogens (tertiary/aromatic N) is 1. The molecule has 1 nitrogen and oxygen atoms in total. The van der Waals surface area contributed by atoms with Crippen LogP contribution < -0.4 is 0 Å². The van der Waals surface area contributed by atoms with Gasteiger partial charge in [-0.3, -0.25) is 0 Å². The molecule has 0 saturated heterocycles. The van der Waals surface area contributed by atoms with Crippen LogP contribution in [0.2, 0.25) is 0 Å². The van der Waals surface area contributed by atoms with E-state index in [0.29, 0.717) is 5.56 Å². The minimum absolute atomic E-state index is 0.181. The van der Waals surface area contributed by atoms with E-state index in [1.54, 1.807) is 11.1 Å². The summed E-state index contributed by atoms with van der Waals surface area (Å²) in [4.78, 5) is 0. The first kappa shape index (κ1) is 21.9. The zero-order valence-electron chi connectivity index (χ0n) is 20.8. The molecule has 0 amide bonds. The van der Waals surface area contributed by atoms with Crippen LogP contribution in [0.4, 0.5) is 0 Å². The van der Waals surface area contributed by atoms with Crippen LogP contribution in [0.25, 0.3) is 33.4 Å². The van der Waals surface area contributed by atoms with E-state index in [0.717, 1.165) is 29.2 Å². The summed E-state index contributed by atoms with van der Waals surface area (Å²) in [7, 11) is 0. The lowest BCUT2D eigenvalue weighted by Gasteiger charge is -2.61. The molecule has 2 heteroatoms. The van der Waals surface area contributed by atoms with Crippen molar-refractivity contribution in [2.75, 3.05) is 0 Å². The molecule has 4 fully saturated rings. The minimum Gasteiger partial charge on any atom is -0.192 e. The van der Waals surface area contributed by atoms with Crippen molar-refractivity contribution in [2.24, 2.45) is 23.7 Å². The van der Waals surface area contributed by atoms with E-state index in [9.17, 15) is 0 Å². The van der Waals surface area contributed by atoms with Crippen LogP contribution in [0.15, 0.2) is 89.4 Å². The van der Waals surface area contributed by atoms with Crippen LogP contribution in [0.5, 0.6) is 0 Å². The van der Waals surface area contributed by atoms with Gasteiger partial charge in [0.2, 0.25) is 0 Å². The fraction of sp³-hybridized carbons (Fsp3) is 0.286. The highest BCUT2D eigenvalue weighted by molar-refractivity contribution is 9.10. The minimum atomic E-state index is 0.181. The number of hydrogen-bond donors (Lipinski definition) is 0. The lowest BCUT2D eigenvalue weighted by molar-refractivity contribution is -0.0399. The second kappa shape index (κ2) is 7.92. The molecule has 9 rings (SSSR count). The summed E-state index contributed by atoms with van der Waals surface area (Å²) in [6.45, 7) is 0. The molecule has 37 heavy (non-hydrogen) atoms. The van der Waals surface area contributed by atoms with Gasteiger partial charge < -0.3 is 0 Å². The third kappa shape index (κ3) is 3.07. The van der Waals surface area contributed by atoms with Gasteiger partial charge in [0.15, 0.2) is 0 Å². The second-order valence-corrected chi connectivity index (χ2v) is 12.8. The van der Waals surface area contributed by atoms with E-state index in [4.69, 9.17) is 5.26 Å². The first-order chi connectivity index (χ1) is 18.1. The maximum absolute atomic E-state index is 9.11. The molecule has 5 aliphatic rings. The van der Waals surface area contributed by atoms with Gasteiger partial charge in [-0.25, -0.2) is 0 Å². The summed E-state index contributed by atoms with van der Waals surface area (Å²) in [5.41, 5.74) is 11.9. The van der Waals surface area contributed by atoms with Gasteiger partial charge in [0.1, 0.15) is 0 Å². The third-order valence-electron chi connectivity index (χ3n) is 10.2. The highest BCUT2D eigenvalue weighted by atomic mass is 79.9. The molecule has 0 radical (unpaired) electrons. The van der Waals surface area contributed by atoms with Crippen molar-refractivity contribution in [3.63, 3.8) is 0 Å². The summed E-state index contributed by atoms with van der Waals surface area (Å²) in [5.74, 6) is 3.44. The van der Waals surface area contributed by atoms with E-state index in [1.807, 2.05) is 24.3 Å². The first-order valence-electron chi connectivity index (χ1n) is 13.7. The largest absolute Gasteiger partial charge is 0.192 e. The molecule has 0 heterocycles. The van der Waals surface area contributed by atoms with Crippen LogP contribution in [-0.4, -0.2) is 0 Å². The average Bonchev–Trinajstić information content (AvgIpc) is 3.21. The monoisotopic (exact) mass is 541 g/mol. The summed E-state index contributed by atoms with van der Waals surface area (Å²) in [5, 5.41) is 9.11. The lowest BCUT2D eigenvalue weighted by Crippen LogP contribution is -2.55. The van der Waals surface area contributed by atoms with Gasteiger partial charge in [-0.05, 0) is 131 Å². The smallest absolute Gasteiger partial charge is 0.0991 e. The SMILES string of the molecule is N#Cc1ccc(-c2ccc(-c3ccc4c(c3)C3(c5cc(Br)ccc5-4)C4CC5CC(C4)CC3C5)cc2)cc1. The predicted molar refractivity (Wildman–Crippen MR) is 153 cm³/mol. The van der Waals surface area contributed by atoms with E-state index in [2.05, 4.69) is 82.7 Å². The van der Waals surface area contributed by atoms with Crippen LogP contribution in [0.1, 0.15) is 48.8 Å². The second-order valence-electron chi connectivity index (χ2n) is 11.9. The van der Waals surface area contributed by atoms with Crippen molar-refractivity contribution in [3.05, 3.63) is 106 Å². The standard InChI is InChI=1S/C35H28BrN/c36-30-10-12-32-31-11-9-27(26-7-5-25(6-8-26)24-3-1-21(20-37)2-4-24)18-33(31)35(34(32)19-30)28-14-22-13-23(16-28)17-29(35)15-22/h1-12,18-19,22-23,28-29H,13-17H2. The molecular formula is C35H28BrN. The Labute approximate surface area is 227 Å². The van der Waals surface area contributed by atoms with E-state index >= 15 is 0 Å². The topological polar surface area (TPSA) is 23.8 Å². The maximum Gasteiger partial charge on any atom is 0.0991 e. The van der Waals surface area contributed by atoms with Crippen molar-refractivity contribution in [2.45, 2.75) is 37.5 Å². The number of rotatable bonds is 2. The van der Waals surface area contributed by atoms with Gasteiger partial charge in [0.05, 0.1) is 11.6 Å². The Hall–Kier alpha value is -3.15. The fourth-order valence-electron chi connectivity index (χ4n) is 8.94. The first-order valence-corrected chi connectivity index (χ1v) is 14.5. The van der Waals surface area contributed by atoms with Gasteiger partial charge in [-0.2, -0.15) is 5.26 Å². The van der Waals surface area contributed by atoms with Gasteiger partial charge in [0, 0.05) is 9.89 Å². The highest BCUT2D eigenvalue weighted by Gasteiger charge is 2.61. The molecule has 1 spiro atoms. The Morgan fingerprint density at radius 1 is 0.595 bits per heavy atom. The van der Waals surface area contributed by atoms with Gasteiger partial charge in [-0.1, -0.05) is 70.5 Å². The number of halogens is 1. The number of nitriles is 1. The molecule has 0 N–H and O–H groups in total. The van der Waals surface area contributed by atoms with Crippen molar-refractivity contribution in [3.8, 4) is 39.4 Å². The quantitative estimate of drug-likeness (QED) is 0.248. The van der Waals surface area contributed by atoms with Crippen molar-refractivity contribution in [1.82, 2.24) is 0 Å². The number of hydrogen-bond acceptors (Lipinski definition) is 1. The summed E-state index contributed by atoms with van der Waals surface area (Å²) in [6.07, 6.45) is 7.10. The Kier molecular flexibility index (Phi) is 4.69. The van der Waals surface area contributed by atoms with E-state index in [-0.39, 0.29) is 5.41 Å². The Bertz CT molecular complexity index is 1560. The van der Waals surface area contributed by atoms with E-state index < -0.39 is 0 Å². The summed E-state index contributed by atoms with van der Waals surface area (Å²) >= 11 is 3.83. The van der Waals surface area contributed by atoms with Crippen molar-refractivity contribution < 1.29 is 0 Å². The van der Waals surface area contributed by atoms with E-state index in [1.165, 1.54) is 64.4 Å². The van der Waals surface area contributed by atoms with Gasteiger partial charge in [0.25, 0.3) is 0 Å². The molecule has 4 saturated carbocycles. The van der Waals surface area contributed by atoms with Crippen molar-refractivity contribution >= 4 is 15.9 Å². The molecule has 0 aliphatic heterocycles. The summed E-state index contributed by atoms with van der Waals surface area (Å²) in [6, 6.07) is 33.4. The molecule has 180 valence electrons. The Balaban J connectivity index is 1.24. The predicted octanol–water partition coefficient (Wildman–Crippen LogP) is 9.38. The van der Waals surface area contributed by atoms with Crippen LogP contribution in [0, 0.1) is 35.0 Å². The maximum atomic E-state index is 9.11. The van der Waals surface area contributed by atoms with Gasteiger partial charge in [-0.15, -0.1) is 0 Å². The molecule has 0 unspecified atom stereocenters. The number of benzene rings is 4.